The van der Waals surface area contributed by atoms with Gasteiger partial charge in [0.1, 0.15) is 0 Å². The first kappa shape index (κ1) is 15.1. The molecule has 2 fully saturated rings. The van der Waals surface area contributed by atoms with Gasteiger partial charge in [-0.2, -0.15) is 0 Å². The van der Waals surface area contributed by atoms with Crippen LogP contribution in [0.5, 0.6) is 0 Å². The van der Waals surface area contributed by atoms with Crippen molar-refractivity contribution in [3.8, 4) is 0 Å². The second-order valence-corrected chi connectivity index (χ2v) is 7.96. The third kappa shape index (κ3) is 3.12. The Balaban J connectivity index is 1.35. The molecule has 2 aromatic rings. The lowest BCUT2D eigenvalue weighted by Gasteiger charge is -2.35. The average molecular weight is 329 g/mol. The quantitative estimate of drug-likeness (QED) is 0.938. The molecule has 1 aromatic carbocycles. The van der Waals surface area contributed by atoms with Crippen molar-refractivity contribution in [2.24, 2.45) is 0 Å². The molecular formula is C18H23N3OS. The van der Waals surface area contributed by atoms with Crippen LogP contribution in [0.4, 0.5) is 0 Å². The number of nitrogens with one attached hydrogen (secondary N) is 1. The second-order valence-electron chi connectivity index (χ2n) is 6.84. The van der Waals surface area contributed by atoms with E-state index in [0.717, 1.165) is 29.8 Å². The lowest BCUT2D eigenvalue weighted by atomic mass is 9.98. The molecule has 122 valence electrons. The Bertz CT molecular complexity index is 668. The van der Waals surface area contributed by atoms with Crippen LogP contribution in [-0.2, 0) is 11.2 Å². The molecule has 2 aliphatic heterocycles. The lowest BCUT2D eigenvalue weighted by Crippen LogP contribution is -2.48. The van der Waals surface area contributed by atoms with Crippen molar-refractivity contribution in [1.29, 1.82) is 0 Å². The first-order valence-electron chi connectivity index (χ1n) is 8.55. The normalized spacial score (nSPS) is 26.6. The summed E-state index contributed by atoms with van der Waals surface area (Å²) in [5.41, 5.74) is 1.04. The van der Waals surface area contributed by atoms with E-state index in [0.29, 0.717) is 24.5 Å². The highest BCUT2D eigenvalue weighted by Crippen LogP contribution is 2.29. The van der Waals surface area contributed by atoms with Gasteiger partial charge in [-0.15, -0.1) is 11.3 Å². The molecule has 0 aliphatic carbocycles. The van der Waals surface area contributed by atoms with E-state index in [-0.39, 0.29) is 5.91 Å². The van der Waals surface area contributed by atoms with Gasteiger partial charge in [-0.25, -0.2) is 4.98 Å². The number of hydrogen-bond acceptors (Lipinski definition) is 4. The van der Waals surface area contributed by atoms with Crippen molar-refractivity contribution in [3.63, 3.8) is 0 Å². The number of benzene rings is 1. The number of aromatic nitrogens is 1. The fraction of sp³-hybridized carbons (Fsp3) is 0.556. The minimum absolute atomic E-state index is 0.260. The molecule has 4 rings (SSSR count). The Morgan fingerprint density at radius 3 is 2.78 bits per heavy atom. The summed E-state index contributed by atoms with van der Waals surface area (Å²) >= 11 is 1.71. The summed E-state index contributed by atoms with van der Waals surface area (Å²) in [7, 11) is 1.98. The Morgan fingerprint density at radius 1 is 1.30 bits per heavy atom. The van der Waals surface area contributed by atoms with Crippen molar-refractivity contribution in [3.05, 3.63) is 29.3 Å². The van der Waals surface area contributed by atoms with Gasteiger partial charge in [0, 0.05) is 38.0 Å². The lowest BCUT2D eigenvalue weighted by molar-refractivity contribution is -0.132. The topological polar surface area (TPSA) is 45.2 Å². The standard InChI is InChI=1S/C18H23N3OS/c1-21(14-10-12-6-7-13(11-14)19-12)18(22)9-8-17-20-15-4-2-3-5-16(15)23-17/h2-5,12-14,19H,6-11H2,1H3. The zero-order valence-electron chi connectivity index (χ0n) is 13.5. The molecular weight excluding hydrogens is 306 g/mol. The molecule has 5 heteroatoms. The monoisotopic (exact) mass is 329 g/mol. The average Bonchev–Trinajstić information content (AvgIpc) is 3.14. The van der Waals surface area contributed by atoms with Gasteiger partial charge in [-0.05, 0) is 37.8 Å². The molecule has 4 nitrogen and oxygen atoms in total. The van der Waals surface area contributed by atoms with Crippen LogP contribution in [0.25, 0.3) is 10.2 Å². The number of piperidine rings is 1. The number of nitrogens with zero attached hydrogens (tertiary/aromatic N) is 2. The van der Waals surface area contributed by atoms with Crippen LogP contribution in [0.3, 0.4) is 0 Å². The van der Waals surface area contributed by atoms with E-state index in [4.69, 9.17) is 0 Å². The summed E-state index contributed by atoms with van der Waals surface area (Å²) in [5.74, 6) is 0.260. The molecule has 2 bridgehead atoms. The first-order chi connectivity index (χ1) is 11.2. The highest BCUT2D eigenvalue weighted by molar-refractivity contribution is 7.18. The number of carbonyl (C=O) groups excluding carboxylic acids is 1. The summed E-state index contributed by atoms with van der Waals surface area (Å²) in [6.07, 6.45) is 6.08. The van der Waals surface area contributed by atoms with Gasteiger partial charge in [-0.1, -0.05) is 12.1 Å². The summed E-state index contributed by atoms with van der Waals surface area (Å²) in [6, 6.07) is 9.84. The minimum Gasteiger partial charge on any atom is -0.343 e. The van der Waals surface area contributed by atoms with E-state index >= 15 is 0 Å². The largest absolute Gasteiger partial charge is 0.343 e. The third-order valence-corrected chi connectivity index (χ3v) is 6.38. The number of rotatable bonds is 4. The van der Waals surface area contributed by atoms with Crippen LogP contribution >= 0.6 is 11.3 Å². The van der Waals surface area contributed by atoms with Crippen molar-refractivity contribution < 1.29 is 4.79 Å². The fourth-order valence-electron chi connectivity index (χ4n) is 3.96. The molecule has 0 saturated carbocycles. The van der Waals surface area contributed by atoms with Gasteiger partial charge in [0.2, 0.25) is 5.91 Å². The van der Waals surface area contributed by atoms with Gasteiger partial charge >= 0.3 is 0 Å². The Morgan fingerprint density at radius 2 is 2.04 bits per heavy atom. The number of amides is 1. The second kappa shape index (κ2) is 6.21. The molecule has 3 heterocycles. The van der Waals surface area contributed by atoms with Gasteiger partial charge in [0.05, 0.1) is 15.2 Å². The van der Waals surface area contributed by atoms with E-state index in [1.165, 1.54) is 17.5 Å². The summed E-state index contributed by atoms with van der Waals surface area (Å²) in [4.78, 5) is 19.2. The predicted octanol–water partition coefficient (Wildman–Crippen LogP) is 2.97. The van der Waals surface area contributed by atoms with E-state index < -0.39 is 0 Å². The van der Waals surface area contributed by atoms with Gasteiger partial charge in [0.15, 0.2) is 0 Å². The van der Waals surface area contributed by atoms with E-state index in [9.17, 15) is 4.79 Å². The number of hydrogen-bond donors (Lipinski definition) is 1. The zero-order chi connectivity index (χ0) is 15.8. The molecule has 0 radical (unpaired) electrons. The van der Waals surface area contributed by atoms with Crippen molar-refractivity contribution >= 4 is 27.5 Å². The maximum Gasteiger partial charge on any atom is 0.222 e. The smallest absolute Gasteiger partial charge is 0.222 e. The summed E-state index contributed by atoms with van der Waals surface area (Å²) in [6.45, 7) is 0. The predicted molar refractivity (Wildman–Crippen MR) is 93.7 cm³/mol. The van der Waals surface area contributed by atoms with Crippen LogP contribution < -0.4 is 5.32 Å². The SMILES string of the molecule is CN(C(=O)CCc1nc2ccccc2s1)C1CC2CCC(C1)N2. The minimum atomic E-state index is 0.260. The fourth-order valence-corrected chi connectivity index (χ4v) is 4.93. The third-order valence-electron chi connectivity index (χ3n) is 5.28. The molecule has 1 amide bonds. The van der Waals surface area contributed by atoms with Crippen molar-refractivity contribution in [2.45, 2.75) is 56.7 Å². The molecule has 1 aromatic heterocycles. The Kier molecular flexibility index (Phi) is 4.07. The number of thiazole rings is 1. The molecule has 2 aliphatic rings. The van der Waals surface area contributed by atoms with Crippen LogP contribution in [0, 0.1) is 0 Å². The van der Waals surface area contributed by atoms with Crippen LogP contribution in [0.2, 0.25) is 0 Å². The Labute approximate surface area is 140 Å². The highest BCUT2D eigenvalue weighted by atomic mass is 32.1. The first-order valence-corrected chi connectivity index (χ1v) is 9.37. The molecule has 0 spiro atoms. The molecule has 23 heavy (non-hydrogen) atoms. The number of aryl methyl sites for hydroxylation is 1. The van der Waals surface area contributed by atoms with E-state index in [2.05, 4.69) is 16.4 Å². The highest BCUT2D eigenvalue weighted by Gasteiger charge is 2.36. The molecule has 2 unspecified atom stereocenters. The summed E-state index contributed by atoms with van der Waals surface area (Å²) in [5, 5.41) is 4.71. The Hall–Kier alpha value is -1.46. The van der Waals surface area contributed by atoms with Crippen molar-refractivity contribution in [2.75, 3.05) is 7.05 Å². The molecule has 2 saturated heterocycles. The number of fused-ring (bicyclic) bond motifs is 3. The van der Waals surface area contributed by atoms with Crippen LogP contribution in [-0.4, -0.2) is 41.0 Å². The summed E-state index contributed by atoms with van der Waals surface area (Å²) < 4.78 is 1.21. The van der Waals surface area contributed by atoms with Gasteiger partial charge in [-0.3, -0.25) is 4.79 Å². The van der Waals surface area contributed by atoms with Gasteiger partial charge < -0.3 is 10.2 Å². The zero-order valence-corrected chi connectivity index (χ0v) is 14.3. The van der Waals surface area contributed by atoms with Crippen LogP contribution in [0.1, 0.15) is 37.1 Å². The van der Waals surface area contributed by atoms with Crippen LogP contribution in [0.15, 0.2) is 24.3 Å². The maximum atomic E-state index is 12.5. The van der Waals surface area contributed by atoms with Gasteiger partial charge in [0.25, 0.3) is 0 Å². The maximum absolute atomic E-state index is 12.5. The van der Waals surface area contributed by atoms with E-state index in [1.807, 2.05) is 30.1 Å². The molecule has 1 N–H and O–H groups in total. The number of carbonyl (C=O) groups is 1. The van der Waals surface area contributed by atoms with E-state index in [1.54, 1.807) is 11.3 Å². The van der Waals surface area contributed by atoms with Crippen molar-refractivity contribution in [1.82, 2.24) is 15.2 Å². The molecule has 2 atom stereocenters. The number of para-hydroxylation sites is 1.